The average molecular weight is 380 g/mol. The number of nitrogens with zero attached hydrogens (tertiary/aromatic N) is 2. The molecule has 1 aliphatic carbocycles. The maximum atomic E-state index is 12.5. The van der Waals surface area contributed by atoms with E-state index >= 15 is 0 Å². The van der Waals surface area contributed by atoms with E-state index in [1.54, 1.807) is 4.31 Å². The van der Waals surface area contributed by atoms with E-state index in [9.17, 15) is 13.2 Å². The lowest BCUT2D eigenvalue weighted by molar-refractivity contribution is -0.124. The molecule has 0 radical (unpaired) electrons. The zero-order valence-corrected chi connectivity index (χ0v) is 16.1. The summed E-state index contributed by atoms with van der Waals surface area (Å²) >= 11 is 0. The Hall–Kier alpha value is -1.44. The molecule has 0 spiro atoms. The Morgan fingerprint density at radius 2 is 1.69 bits per heavy atom. The van der Waals surface area contributed by atoms with Crippen molar-refractivity contribution in [2.45, 2.75) is 32.2 Å². The van der Waals surface area contributed by atoms with E-state index < -0.39 is 10.0 Å². The Morgan fingerprint density at radius 1 is 1.04 bits per heavy atom. The van der Waals surface area contributed by atoms with Gasteiger partial charge in [-0.1, -0.05) is 43.2 Å². The second kappa shape index (κ2) is 8.97. The number of carbonyl (C=O) groups excluding carboxylic acids is 1. The number of sulfonamides is 1. The molecule has 3 rings (SSSR count). The van der Waals surface area contributed by atoms with Crippen molar-refractivity contribution in [2.75, 3.05) is 38.5 Å². The summed E-state index contributed by atoms with van der Waals surface area (Å²) in [5, 5.41) is 2.81. The number of carbonyl (C=O) groups is 1. The standard InChI is InChI=1S/C19H29N3O3S/c23-19(18-8-4-5-9-18)20-10-15-26(24,25)22-13-11-21(12-14-22)16-17-6-2-1-3-7-17/h1-3,6-7,18H,4-5,8-16H2,(H,20,23). The van der Waals surface area contributed by atoms with E-state index in [0.717, 1.165) is 45.3 Å². The summed E-state index contributed by atoms with van der Waals surface area (Å²) in [5.74, 6) is 0.0917. The van der Waals surface area contributed by atoms with Crippen LogP contribution in [0.1, 0.15) is 31.2 Å². The number of rotatable bonds is 7. The molecule has 6 nitrogen and oxygen atoms in total. The maximum absolute atomic E-state index is 12.5. The molecule has 1 amide bonds. The quantitative estimate of drug-likeness (QED) is 0.778. The highest BCUT2D eigenvalue weighted by molar-refractivity contribution is 7.89. The van der Waals surface area contributed by atoms with Crippen LogP contribution >= 0.6 is 0 Å². The highest BCUT2D eigenvalue weighted by Crippen LogP contribution is 2.24. The zero-order chi connectivity index (χ0) is 18.4. The lowest BCUT2D eigenvalue weighted by Crippen LogP contribution is -2.49. The van der Waals surface area contributed by atoms with Gasteiger partial charge in [-0.05, 0) is 18.4 Å². The van der Waals surface area contributed by atoms with Gasteiger partial charge in [-0.15, -0.1) is 0 Å². The topological polar surface area (TPSA) is 69.7 Å². The molecular formula is C19H29N3O3S. The van der Waals surface area contributed by atoms with Gasteiger partial charge in [0.05, 0.1) is 5.75 Å². The fourth-order valence-electron chi connectivity index (χ4n) is 3.77. The Balaban J connectivity index is 1.40. The lowest BCUT2D eigenvalue weighted by atomic mass is 10.1. The van der Waals surface area contributed by atoms with Gasteiger partial charge < -0.3 is 5.32 Å². The Morgan fingerprint density at radius 3 is 2.35 bits per heavy atom. The van der Waals surface area contributed by atoms with Crippen LogP contribution in [0.25, 0.3) is 0 Å². The van der Waals surface area contributed by atoms with E-state index in [0.29, 0.717) is 13.1 Å². The monoisotopic (exact) mass is 379 g/mol. The summed E-state index contributed by atoms with van der Waals surface area (Å²) in [4.78, 5) is 14.3. The van der Waals surface area contributed by atoms with Crippen molar-refractivity contribution in [3.63, 3.8) is 0 Å². The third-order valence-corrected chi connectivity index (χ3v) is 7.23. The lowest BCUT2D eigenvalue weighted by Gasteiger charge is -2.34. The van der Waals surface area contributed by atoms with Gasteiger partial charge in [0.1, 0.15) is 0 Å². The molecule has 0 bridgehead atoms. The molecule has 2 fully saturated rings. The molecule has 1 aliphatic heterocycles. The second-order valence-corrected chi connectivity index (χ2v) is 9.34. The molecule has 0 aromatic heterocycles. The van der Waals surface area contributed by atoms with E-state index in [4.69, 9.17) is 0 Å². The summed E-state index contributed by atoms with van der Waals surface area (Å²) in [6, 6.07) is 10.2. The van der Waals surface area contributed by atoms with Crippen molar-refractivity contribution in [2.24, 2.45) is 5.92 Å². The molecule has 1 saturated carbocycles. The van der Waals surface area contributed by atoms with Gasteiger partial charge in [0.15, 0.2) is 0 Å². The predicted octanol–water partition coefficient (Wildman–Crippen LogP) is 1.44. The summed E-state index contributed by atoms with van der Waals surface area (Å²) in [6.07, 6.45) is 4.07. The number of hydrogen-bond acceptors (Lipinski definition) is 4. The first-order chi connectivity index (χ1) is 12.5. The van der Waals surface area contributed by atoms with Gasteiger partial charge in [0.25, 0.3) is 0 Å². The van der Waals surface area contributed by atoms with Crippen LogP contribution < -0.4 is 5.32 Å². The van der Waals surface area contributed by atoms with Gasteiger partial charge in [0, 0.05) is 45.2 Å². The zero-order valence-electron chi connectivity index (χ0n) is 15.3. The van der Waals surface area contributed by atoms with Gasteiger partial charge in [-0.25, -0.2) is 8.42 Å². The SMILES string of the molecule is O=C(NCCS(=O)(=O)N1CCN(Cc2ccccc2)CC1)C1CCCC1. The summed E-state index contributed by atoms with van der Waals surface area (Å²) in [6.45, 7) is 3.58. The Kier molecular flexibility index (Phi) is 6.67. The molecule has 26 heavy (non-hydrogen) atoms. The fraction of sp³-hybridized carbons (Fsp3) is 0.632. The Bertz CT molecular complexity index is 679. The van der Waals surface area contributed by atoms with E-state index in [1.165, 1.54) is 5.56 Å². The van der Waals surface area contributed by atoms with Crippen molar-refractivity contribution >= 4 is 15.9 Å². The van der Waals surface area contributed by atoms with Crippen LogP contribution in [0.2, 0.25) is 0 Å². The molecular weight excluding hydrogens is 350 g/mol. The van der Waals surface area contributed by atoms with Gasteiger partial charge in [0.2, 0.25) is 15.9 Å². The molecule has 1 aromatic carbocycles. The minimum Gasteiger partial charge on any atom is -0.355 e. The van der Waals surface area contributed by atoms with Crippen molar-refractivity contribution < 1.29 is 13.2 Å². The molecule has 1 heterocycles. The van der Waals surface area contributed by atoms with Crippen LogP contribution in [0, 0.1) is 5.92 Å². The highest BCUT2D eigenvalue weighted by atomic mass is 32.2. The second-order valence-electron chi connectivity index (χ2n) is 7.25. The van der Waals surface area contributed by atoms with Crippen LogP contribution in [-0.4, -0.2) is 62.0 Å². The molecule has 1 aromatic rings. The summed E-state index contributed by atoms with van der Waals surface area (Å²) < 4.78 is 26.6. The van der Waals surface area contributed by atoms with Gasteiger partial charge in [-0.3, -0.25) is 9.69 Å². The number of piperazine rings is 1. The number of nitrogens with one attached hydrogen (secondary N) is 1. The molecule has 7 heteroatoms. The molecule has 2 aliphatic rings. The van der Waals surface area contributed by atoms with Crippen LogP contribution in [0.15, 0.2) is 30.3 Å². The average Bonchev–Trinajstić information content (AvgIpc) is 3.18. The number of hydrogen-bond donors (Lipinski definition) is 1. The Labute approximate surface area is 156 Å². The molecule has 0 atom stereocenters. The van der Waals surface area contributed by atoms with E-state index in [2.05, 4.69) is 22.3 Å². The van der Waals surface area contributed by atoms with Crippen molar-refractivity contribution in [1.29, 1.82) is 0 Å². The van der Waals surface area contributed by atoms with Crippen LogP contribution in [0.5, 0.6) is 0 Å². The van der Waals surface area contributed by atoms with Crippen LogP contribution in [0.3, 0.4) is 0 Å². The minimum absolute atomic E-state index is 0.00978. The third kappa shape index (κ3) is 5.28. The first-order valence-electron chi connectivity index (χ1n) is 9.56. The maximum Gasteiger partial charge on any atom is 0.223 e. The smallest absolute Gasteiger partial charge is 0.223 e. The fourth-order valence-corrected chi connectivity index (χ4v) is 5.11. The number of amides is 1. The molecule has 0 unspecified atom stereocenters. The largest absolute Gasteiger partial charge is 0.355 e. The first kappa shape index (κ1) is 19.3. The highest BCUT2D eigenvalue weighted by Gasteiger charge is 2.27. The van der Waals surface area contributed by atoms with Crippen molar-refractivity contribution in [3.8, 4) is 0 Å². The van der Waals surface area contributed by atoms with Crippen LogP contribution in [-0.2, 0) is 21.4 Å². The van der Waals surface area contributed by atoms with Crippen molar-refractivity contribution in [3.05, 3.63) is 35.9 Å². The normalized spacial score (nSPS) is 20.3. The van der Waals surface area contributed by atoms with Crippen molar-refractivity contribution in [1.82, 2.24) is 14.5 Å². The summed E-state index contributed by atoms with van der Waals surface area (Å²) in [7, 11) is -3.31. The van der Waals surface area contributed by atoms with E-state index in [-0.39, 0.29) is 24.1 Å². The molecule has 1 saturated heterocycles. The predicted molar refractivity (Wildman–Crippen MR) is 102 cm³/mol. The van der Waals surface area contributed by atoms with Gasteiger partial charge in [-0.2, -0.15) is 4.31 Å². The van der Waals surface area contributed by atoms with Gasteiger partial charge >= 0.3 is 0 Å². The van der Waals surface area contributed by atoms with E-state index in [1.807, 2.05) is 18.2 Å². The molecule has 144 valence electrons. The molecule has 1 N–H and O–H groups in total. The number of benzene rings is 1. The first-order valence-corrected chi connectivity index (χ1v) is 11.2. The van der Waals surface area contributed by atoms with Crippen LogP contribution in [0.4, 0.5) is 0 Å². The summed E-state index contributed by atoms with van der Waals surface area (Å²) in [5.41, 5.74) is 1.25. The minimum atomic E-state index is -3.31. The third-order valence-electron chi connectivity index (χ3n) is 5.36.